The summed E-state index contributed by atoms with van der Waals surface area (Å²) in [6, 6.07) is 12.0. The largest absolute Gasteiger partial charge is 0.300 e. The van der Waals surface area contributed by atoms with Crippen molar-refractivity contribution in [1.29, 1.82) is 0 Å². The Hall–Kier alpha value is -2.47. The summed E-state index contributed by atoms with van der Waals surface area (Å²) in [5.74, 6) is -1.13. The number of carbonyl (C=O) groups excluding carboxylic acids is 1. The Labute approximate surface area is 140 Å². The summed E-state index contributed by atoms with van der Waals surface area (Å²) >= 11 is 0. The summed E-state index contributed by atoms with van der Waals surface area (Å²) < 4.78 is 37.0. The molecular formula is C18H16FNO3S. The highest BCUT2D eigenvalue weighted by molar-refractivity contribution is 7.94. The molecule has 0 aromatic heterocycles. The van der Waals surface area contributed by atoms with Gasteiger partial charge in [0, 0.05) is 16.7 Å². The Morgan fingerprint density at radius 1 is 1.17 bits per heavy atom. The van der Waals surface area contributed by atoms with Crippen LogP contribution in [0.4, 0.5) is 10.1 Å². The number of halogens is 1. The summed E-state index contributed by atoms with van der Waals surface area (Å²) in [6.07, 6.45) is 1.49. The van der Waals surface area contributed by atoms with Crippen LogP contribution in [0, 0.1) is 12.7 Å². The molecule has 0 radical (unpaired) electrons. The van der Waals surface area contributed by atoms with E-state index in [-0.39, 0.29) is 11.3 Å². The Balaban J connectivity index is 2.03. The van der Waals surface area contributed by atoms with Crippen LogP contribution in [0.2, 0.25) is 0 Å². The Kier molecular flexibility index (Phi) is 4.24. The molecule has 6 heteroatoms. The van der Waals surface area contributed by atoms with Crippen molar-refractivity contribution in [3.8, 4) is 0 Å². The summed E-state index contributed by atoms with van der Waals surface area (Å²) in [4.78, 5) is 14.3. The monoisotopic (exact) mass is 345 g/mol. The van der Waals surface area contributed by atoms with Gasteiger partial charge >= 0.3 is 0 Å². The van der Waals surface area contributed by atoms with Gasteiger partial charge in [-0.05, 0) is 43.3 Å². The molecule has 124 valence electrons. The molecule has 1 aliphatic heterocycles. The van der Waals surface area contributed by atoms with Gasteiger partial charge in [-0.15, -0.1) is 0 Å². The number of rotatable bonds is 3. The molecular weight excluding hydrogens is 329 g/mol. The zero-order valence-electron chi connectivity index (χ0n) is 13.0. The highest BCUT2D eigenvalue weighted by atomic mass is 32.2. The van der Waals surface area contributed by atoms with E-state index in [0.29, 0.717) is 5.69 Å². The van der Waals surface area contributed by atoms with Crippen molar-refractivity contribution in [2.75, 3.05) is 10.7 Å². The number of anilines is 1. The molecule has 0 aliphatic carbocycles. The fraction of sp³-hybridized carbons (Fsp3) is 0.167. The first-order valence-corrected chi connectivity index (χ1v) is 9.14. The topological polar surface area (TPSA) is 54.5 Å². The molecule has 1 aliphatic rings. The number of benzene rings is 2. The molecule has 2 aromatic rings. The lowest BCUT2D eigenvalue weighted by molar-refractivity contribution is 0.0982. The van der Waals surface area contributed by atoms with Crippen molar-refractivity contribution in [3.63, 3.8) is 0 Å². The average molecular weight is 345 g/mol. The van der Waals surface area contributed by atoms with Crippen LogP contribution in [-0.2, 0) is 9.84 Å². The fourth-order valence-electron chi connectivity index (χ4n) is 2.65. The predicted molar refractivity (Wildman–Crippen MR) is 91.1 cm³/mol. The van der Waals surface area contributed by atoms with E-state index in [0.717, 1.165) is 17.0 Å². The molecule has 0 spiro atoms. The number of amides is 1. The van der Waals surface area contributed by atoms with E-state index in [2.05, 4.69) is 0 Å². The molecule has 3 rings (SSSR count). The Morgan fingerprint density at radius 2 is 1.88 bits per heavy atom. The number of carbonyl (C=O) groups is 1. The van der Waals surface area contributed by atoms with Gasteiger partial charge in [0.05, 0.1) is 11.8 Å². The summed E-state index contributed by atoms with van der Waals surface area (Å²) in [5, 5.41) is 1.12. The van der Waals surface area contributed by atoms with Gasteiger partial charge in [0.15, 0.2) is 9.84 Å². The number of hydrogen-bond acceptors (Lipinski definition) is 3. The first-order chi connectivity index (χ1) is 11.4. The van der Waals surface area contributed by atoms with Crippen LogP contribution in [-0.4, -0.2) is 26.1 Å². The summed E-state index contributed by atoms with van der Waals surface area (Å²) in [7, 11) is -3.33. The Morgan fingerprint density at radius 3 is 2.46 bits per heavy atom. The van der Waals surface area contributed by atoms with Crippen LogP contribution in [0.1, 0.15) is 15.9 Å². The molecule has 0 saturated heterocycles. The maximum absolute atomic E-state index is 13.5. The number of hydrogen-bond donors (Lipinski definition) is 0. The van der Waals surface area contributed by atoms with Gasteiger partial charge in [-0.1, -0.05) is 23.8 Å². The minimum atomic E-state index is -3.33. The van der Waals surface area contributed by atoms with Gasteiger partial charge < -0.3 is 4.90 Å². The third kappa shape index (κ3) is 3.38. The number of aryl methyl sites for hydroxylation is 1. The Bertz CT molecular complexity index is 904. The predicted octanol–water partition coefficient (Wildman–Crippen LogP) is 3.09. The highest BCUT2D eigenvalue weighted by Crippen LogP contribution is 2.25. The zero-order chi connectivity index (χ0) is 17.3. The molecule has 0 N–H and O–H groups in total. The molecule has 1 heterocycles. The molecule has 2 aromatic carbocycles. The number of nitrogens with zero attached hydrogens (tertiary/aromatic N) is 1. The SMILES string of the molecule is Cc1ccc(N(C(=O)c2cccc(F)c2)[C@@H]2C=CS(=O)(=O)C2)cc1. The van der Waals surface area contributed by atoms with Gasteiger partial charge in [0.1, 0.15) is 5.82 Å². The van der Waals surface area contributed by atoms with E-state index < -0.39 is 27.6 Å². The lowest BCUT2D eigenvalue weighted by Gasteiger charge is -2.28. The van der Waals surface area contributed by atoms with Crippen LogP contribution < -0.4 is 4.90 Å². The van der Waals surface area contributed by atoms with E-state index >= 15 is 0 Å². The third-order valence-corrected chi connectivity index (χ3v) is 5.22. The van der Waals surface area contributed by atoms with Crippen molar-refractivity contribution < 1.29 is 17.6 Å². The van der Waals surface area contributed by atoms with Crippen molar-refractivity contribution in [3.05, 3.63) is 77.0 Å². The standard InChI is InChI=1S/C18H16FNO3S/c1-13-5-7-16(8-6-13)20(17-9-10-24(22,23)12-17)18(21)14-3-2-4-15(19)11-14/h2-11,17H,12H2,1H3/t17-/m1/s1. The van der Waals surface area contributed by atoms with Crippen LogP contribution in [0.25, 0.3) is 0 Å². The smallest absolute Gasteiger partial charge is 0.258 e. The molecule has 0 bridgehead atoms. The van der Waals surface area contributed by atoms with Crippen molar-refractivity contribution in [2.24, 2.45) is 0 Å². The molecule has 4 nitrogen and oxygen atoms in total. The zero-order valence-corrected chi connectivity index (χ0v) is 13.8. The van der Waals surface area contributed by atoms with Gasteiger partial charge in [-0.2, -0.15) is 0 Å². The van der Waals surface area contributed by atoms with E-state index in [1.807, 2.05) is 19.1 Å². The second kappa shape index (κ2) is 6.20. The quantitative estimate of drug-likeness (QED) is 0.859. The molecule has 1 atom stereocenters. The normalized spacial score (nSPS) is 18.5. The minimum Gasteiger partial charge on any atom is -0.300 e. The lowest BCUT2D eigenvalue weighted by atomic mass is 10.1. The first kappa shape index (κ1) is 16.4. The first-order valence-electron chi connectivity index (χ1n) is 7.42. The summed E-state index contributed by atoms with van der Waals surface area (Å²) in [6.45, 7) is 1.92. The van der Waals surface area contributed by atoms with Crippen LogP contribution in [0.5, 0.6) is 0 Å². The van der Waals surface area contributed by atoms with Crippen molar-refractivity contribution in [1.82, 2.24) is 0 Å². The summed E-state index contributed by atoms with van der Waals surface area (Å²) in [5.41, 5.74) is 1.77. The van der Waals surface area contributed by atoms with Crippen LogP contribution in [0.3, 0.4) is 0 Å². The van der Waals surface area contributed by atoms with E-state index in [1.165, 1.54) is 29.2 Å². The van der Waals surface area contributed by atoms with Crippen LogP contribution >= 0.6 is 0 Å². The van der Waals surface area contributed by atoms with Gasteiger partial charge in [0.2, 0.25) is 0 Å². The average Bonchev–Trinajstić information content (AvgIpc) is 2.89. The van der Waals surface area contributed by atoms with E-state index in [4.69, 9.17) is 0 Å². The lowest BCUT2D eigenvalue weighted by Crippen LogP contribution is -2.41. The van der Waals surface area contributed by atoms with E-state index in [9.17, 15) is 17.6 Å². The third-order valence-electron chi connectivity index (χ3n) is 3.85. The van der Waals surface area contributed by atoms with Gasteiger partial charge in [0.25, 0.3) is 5.91 Å². The molecule has 1 amide bonds. The van der Waals surface area contributed by atoms with Crippen molar-refractivity contribution >= 4 is 21.4 Å². The second-order valence-corrected chi connectivity index (χ2v) is 7.68. The van der Waals surface area contributed by atoms with Crippen LogP contribution in [0.15, 0.2) is 60.0 Å². The van der Waals surface area contributed by atoms with Gasteiger partial charge in [-0.3, -0.25) is 4.79 Å². The molecule has 0 unspecified atom stereocenters. The maximum atomic E-state index is 13.5. The second-order valence-electron chi connectivity index (χ2n) is 5.75. The minimum absolute atomic E-state index is 0.174. The van der Waals surface area contributed by atoms with E-state index in [1.54, 1.807) is 12.1 Å². The fourth-order valence-corrected chi connectivity index (χ4v) is 3.91. The number of sulfone groups is 1. The molecule has 24 heavy (non-hydrogen) atoms. The molecule has 0 fully saturated rings. The highest BCUT2D eigenvalue weighted by Gasteiger charge is 2.32. The maximum Gasteiger partial charge on any atom is 0.258 e. The van der Waals surface area contributed by atoms with Crippen molar-refractivity contribution in [2.45, 2.75) is 13.0 Å². The van der Waals surface area contributed by atoms with Gasteiger partial charge in [-0.25, -0.2) is 12.8 Å². The molecule has 0 saturated carbocycles.